The Bertz CT molecular complexity index is 912. The number of hydrogen-bond acceptors (Lipinski definition) is 6. The highest BCUT2D eigenvalue weighted by Crippen LogP contribution is 2.33. The van der Waals surface area contributed by atoms with E-state index < -0.39 is 20.5 Å². The van der Waals surface area contributed by atoms with Gasteiger partial charge in [-0.15, -0.1) is 11.3 Å². The minimum absolute atomic E-state index is 0.271. The van der Waals surface area contributed by atoms with E-state index in [4.69, 9.17) is 0 Å². The molecule has 3 rings (SSSR count). The van der Waals surface area contributed by atoms with Gasteiger partial charge in [0.05, 0.1) is 5.69 Å². The first-order valence-electron chi connectivity index (χ1n) is 8.49. The molecular weight excluding hydrogens is 370 g/mol. The summed E-state index contributed by atoms with van der Waals surface area (Å²) in [6.07, 6.45) is 1.68. The number of benzene rings is 1. The Kier molecular flexibility index (Phi) is 5.18. The molecule has 2 N–H and O–H groups in total. The molecule has 8 heteroatoms. The number of amides is 1. The van der Waals surface area contributed by atoms with Crippen molar-refractivity contribution in [2.75, 3.05) is 24.7 Å². The molecule has 0 atom stereocenters. The maximum absolute atomic E-state index is 12.9. The minimum atomic E-state index is -3.54. The van der Waals surface area contributed by atoms with Crippen LogP contribution in [0.25, 0.3) is 11.3 Å². The molecule has 0 aliphatic carbocycles. The van der Waals surface area contributed by atoms with Gasteiger partial charge >= 0.3 is 0 Å². The summed E-state index contributed by atoms with van der Waals surface area (Å²) in [7, 11) is -3.54. The molecule has 26 heavy (non-hydrogen) atoms. The first-order chi connectivity index (χ1) is 12.2. The van der Waals surface area contributed by atoms with Gasteiger partial charge in [-0.2, -0.15) is 0 Å². The van der Waals surface area contributed by atoms with Gasteiger partial charge in [0.2, 0.25) is 5.91 Å². The number of hydrogen-bond donors (Lipinski definition) is 2. The van der Waals surface area contributed by atoms with Crippen LogP contribution < -0.4 is 10.6 Å². The van der Waals surface area contributed by atoms with E-state index in [1.165, 1.54) is 11.3 Å². The largest absolute Gasteiger partial charge is 0.317 e. The smallest absolute Gasteiger partial charge is 0.247 e. The summed E-state index contributed by atoms with van der Waals surface area (Å²) in [5.74, 6) is -0.481. The second-order valence-electron chi connectivity index (χ2n) is 6.76. The molecule has 1 aromatic heterocycles. The average molecular weight is 394 g/mol. The van der Waals surface area contributed by atoms with E-state index >= 15 is 0 Å². The summed E-state index contributed by atoms with van der Waals surface area (Å²) in [6, 6.07) is 8.02. The fraction of sp³-hybridized carbons (Fsp3) is 0.444. The van der Waals surface area contributed by atoms with Gasteiger partial charge in [-0.3, -0.25) is 4.79 Å². The number of anilines is 1. The van der Waals surface area contributed by atoms with Crippen LogP contribution in [-0.4, -0.2) is 43.4 Å². The van der Waals surface area contributed by atoms with Gasteiger partial charge in [0.15, 0.2) is 19.7 Å². The average Bonchev–Trinajstić information content (AvgIpc) is 2.95. The van der Waals surface area contributed by atoms with E-state index in [-0.39, 0.29) is 12.8 Å². The van der Waals surface area contributed by atoms with Crippen molar-refractivity contribution in [1.82, 2.24) is 10.3 Å². The zero-order valence-corrected chi connectivity index (χ0v) is 16.8. The lowest BCUT2D eigenvalue weighted by atomic mass is 9.96. The van der Waals surface area contributed by atoms with Crippen LogP contribution in [-0.2, 0) is 14.6 Å². The highest BCUT2D eigenvalue weighted by atomic mass is 32.2. The first-order valence-corrected chi connectivity index (χ1v) is 11.2. The van der Waals surface area contributed by atoms with Crippen molar-refractivity contribution < 1.29 is 13.2 Å². The maximum Gasteiger partial charge on any atom is 0.247 e. The van der Waals surface area contributed by atoms with Crippen LogP contribution in [0, 0.1) is 13.8 Å². The van der Waals surface area contributed by atoms with Crippen molar-refractivity contribution in [2.24, 2.45) is 0 Å². The van der Waals surface area contributed by atoms with Crippen molar-refractivity contribution in [3.05, 3.63) is 34.7 Å². The molecule has 0 spiro atoms. The third-order valence-corrected chi connectivity index (χ3v) is 7.78. The third kappa shape index (κ3) is 3.54. The topological polar surface area (TPSA) is 88.2 Å². The van der Waals surface area contributed by atoms with Crippen molar-refractivity contribution >= 4 is 32.2 Å². The van der Waals surface area contributed by atoms with Gasteiger partial charge in [0.1, 0.15) is 0 Å². The van der Waals surface area contributed by atoms with Gasteiger partial charge in [-0.25, -0.2) is 13.4 Å². The monoisotopic (exact) mass is 393 g/mol. The molecule has 1 amide bonds. The Morgan fingerprint density at radius 1 is 1.19 bits per heavy atom. The number of carbonyl (C=O) groups is 1. The van der Waals surface area contributed by atoms with Crippen LogP contribution >= 0.6 is 11.3 Å². The van der Waals surface area contributed by atoms with Gasteiger partial charge < -0.3 is 10.6 Å². The lowest BCUT2D eigenvalue weighted by Gasteiger charge is -2.33. The molecule has 0 bridgehead atoms. The Balaban J connectivity index is 1.88. The molecule has 140 valence electrons. The Morgan fingerprint density at radius 3 is 2.38 bits per heavy atom. The van der Waals surface area contributed by atoms with E-state index in [0.29, 0.717) is 18.2 Å². The fourth-order valence-corrected chi connectivity index (χ4v) is 5.40. The molecule has 2 aromatic rings. The van der Waals surface area contributed by atoms with Crippen LogP contribution in [0.4, 0.5) is 5.13 Å². The molecule has 1 fully saturated rings. The summed E-state index contributed by atoms with van der Waals surface area (Å²) >= 11 is 1.36. The highest BCUT2D eigenvalue weighted by Gasteiger charge is 2.48. The van der Waals surface area contributed by atoms with E-state index in [1.54, 1.807) is 0 Å². The number of carbonyl (C=O) groups excluding carboxylic acids is 1. The molecule has 1 aliphatic rings. The Labute approximate surface area is 158 Å². The van der Waals surface area contributed by atoms with Crippen LogP contribution in [0.15, 0.2) is 24.3 Å². The van der Waals surface area contributed by atoms with Gasteiger partial charge in [0, 0.05) is 16.7 Å². The number of nitrogens with one attached hydrogen (secondary N) is 2. The van der Waals surface area contributed by atoms with Crippen LogP contribution in [0.5, 0.6) is 0 Å². The molecule has 0 unspecified atom stereocenters. The van der Waals surface area contributed by atoms with E-state index in [0.717, 1.165) is 28.0 Å². The number of aromatic nitrogens is 1. The SMILES string of the molecule is Cc1ccc(-c2nc(NC(=O)C3(S(C)(=O)=O)CCNCC3)sc2C)cc1. The zero-order chi connectivity index (χ0) is 18.9. The van der Waals surface area contributed by atoms with Crippen molar-refractivity contribution in [1.29, 1.82) is 0 Å². The number of sulfone groups is 1. The van der Waals surface area contributed by atoms with Crippen LogP contribution in [0.1, 0.15) is 23.3 Å². The van der Waals surface area contributed by atoms with Gasteiger partial charge in [0.25, 0.3) is 0 Å². The molecule has 1 aliphatic heterocycles. The number of nitrogens with zero attached hydrogens (tertiary/aromatic N) is 1. The van der Waals surface area contributed by atoms with Crippen molar-refractivity contribution in [2.45, 2.75) is 31.4 Å². The van der Waals surface area contributed by atoms with E-state index in [1.807, 2.05) is 38.1 Å². The number of aryl methyl sites for hydroxylation is 2. The predicted molar refractivity (Wildman–Crippen MR) is 105 cm³/mol. The molecule has 1 saturated heterocycles. The van der Waals surface area contributed by atoms with Crippen LogP contribution in [0.3, 0.4) is 0 Å². The van der Waals surface area contributed by atoms with E-state index in [9.17, 15) is 13.2 Å². The van der Waals surface area contributed by atoms with Crippen molar-refractivity contribution in [3.63, 3.8) is 0 Å². The van der Waals surface area contributed by atoms with Gasteiger partial charge in [-0.05, 0) is 39.8 Å². The summed E-state index contributed by atoms with van der Waals surface area (Å²) < 4.78 is 23.3. The third-order valence-electron chi connectivity index (χ3n) is 4.88. The zero-order valence-electron chi connectivity index (χ0n) is 15.1. The summed E-state index contributed by atoms with van der Waals surface area (Å²) in [4.78, 5) is 18.4. The molecule has 0 radical (unpaired) electrons. The lowest BCUT2D eigenvalue weighted by molar-refractivity contribution is -0.119. The fourth-order valence-electron chi connectivity index (χ4n) is 3.24. The lowest BCUT2D eigenvalue weighted by Crippen LogP contribution is -2.55. The minimum Gasteiger partial charge on any atom is -0.317 e. The quantitative estimate of drug-likeness (QED) is 0.833. The number of piperidine rings is 1. The highest BCUT2D eigenvalue weighted by molar-refractivity contribution is 7.92. The molecular formula is C18H23N3O3S2. The summed E-state index contributed by atoms with van der Waals surface area (Å²) in [5.41, 5.74) is 2.95. The molecule has 2 heterocycles. The van der Waals surface area contributed by atoms with Gasteiger partial charge in [-0.1, -0.05) is 29.8 Å². The molecule has 6 nitrogen and oxygen atoms in total. The number of rotatable bonds is 4. The standard InChI is InChI=1S/C18H23N3O3S2/c1-12-4-6-14(7-5-12)15-13(2)25-17(20-15)21-16(22)18(26(3,23)24)8-10-19-11-9-18/h4-7,19H,8-11H2,1-3H3,(H,20,21,22). The van der Waals surface area contributed by atoms with Crippen molar-refractivity contribution in [3.8, 4) is 11.3 Å². The summed E-state index contributed by atoms with van der Waals surface area (Å²) in [6.45, 7) is 4.98. The van der Waals surface area contributed by atoms with E-state index in [2.05, 4.69) is 15.6 Å². The second-order valence-corrected chi connectivity index (χ2v) is 10.3. The Morgan fingerprint density at radius 2 is 1.81 bits per heavy atom. The normalized spacial score (nSPS) is 17.0. The predicted octanol–water partition coefficient (Wildman–Crippen LogP) is 2.53. The van der Waals surface area contributed by atoms with Crippen LogP contribution in [0.2, 0.25) is 0 Å². The first kappa shape index (κ1) is 19.0. The maximum atomic E-state index is 12.9. The molecule has 1 aromatic carbocycles. The Hall–Kier alpha value is -1.77. The number of thiazole rings is 1. The summed E-state index contributed by atoms with van der Waals surface area (Å²) in [5, 5.41) is 6.31. The molecule has 0 saturated carbocycles. The second kappa shape index (κ2) is 7.09.